The Hall–Kier alpha value is -2.10. The molecule has 0 unspecified atom stereocenters. The number of amides is 1. The van der Waals surface area contributed by atoms with Crippen LogP contribution in [0.2, 0.25) is 0 Å². The van der Waals surface area contributed by atoms with E-state index in [-0.39, 0.29) is 11.9 Å². The molecule has 0 spiro atoms. The number of nitrogens with zero attached hydrogens (tertiary/aromatic N) is 2. The summed E-state index contributed by atoms with van der Waals surface area (Å²) in [6.07, 6.45) is 4.97. The average molecular weight is 325 g/mol. The standard InChI is InChI=1S/C20H27N3O/c1-14-12-15(2)23(22-14)11-5-8-20(24)21-16(3)18-10-9-17-6-4-7-19(17)13-18/h9-10,12-13,16H,4-8,11H2,1-3H3,(H,21,24)/t16-/m1/s1. The van der Waals surface area contributed by atoms with Crippen LogP contribution < -0.4 is 5.32 Å². The first-order valence-corrected chi connectivity index (χ1v) is 8.95. The fraction of sp³-hybridized carbons (Fsp3) is 0.500. The molecule has 1 N–H and O–H groups in total. The van der Waals surface area contributed by atoms with E-state index in [1.807, 2.05) is 11.6 Å². The second kappa shape index (κ2) is 7.20. The van der Waals surface area contributed by atoms with Crippen LogP contribution in [0.15, 0.2) is 24.3 Å². The van der Waals surface area contributed by atoms with Crippen LogP contribution in [0, 0.1) is 13.8 Å². The third kappa shape index (κ3) is 3.86. The molecule has 3 rings (SSSR count). The van der Waals surface area contributed by atoms with Crippen molar-refractivity contribution in [3.8, 4) is 0 Å². The van der Waals surface area contributed by atoms with Gasteiger partial charge in [0.05, 0.1) is 11.7 Å². The molecule has 0 fully saturated rings. The first-order chi connectivity index (χ1) is 11.5. The topological polar surface area (TPSA) is 46.9 Å². The molecule has 4 heteroatoms. The minimum atomic E-state index is 0.0667. The Balaban J connectivity index is 1.48. The predicted molar refractivity (Wildman–Crippen MR) is 96.0 cm³/mol. The van der Waals surface area contributed by atoms with Crippen molar-refractivity contribution in [2.75, 3.05) is 0 Å². The van der Waals surface area contributed by atoms with E-state index in [1.54, 1.807) is 0 Å². The van der Waals surface area contributed by atoms with Gasteiger partial charge in [-0.25, -0.2) is 0 Å². The number of nitrogens with one attached hydrogen (secondary N) is 1. The number of carbonyl (C=O) groups is 1. The van der Waals surface area contributed by atoms with Gasteiger partial charge in [-0.1, -0.05) is 18.2 Å². The maximum absolute atomic E-state index is 12.2. The Kier molecular flexibility index (Phi) is 5.03. The molecule has 2 aromatic rings. The molecule has 0 saturated carbocycles. The van der Waals surface area contributed by atoms with E-state index in [9.17, 15) is 4.79 Å². The zero-order valence-corrected chi connectivity index (χ0v) is 14.9. The molecule has 1 atom stereocenters. The summed E-state index contributed by atoms with van der Waals surface area (Å²) >= 11 is 0. The fourth-order valence-electron chi connectivity index (χ4n) is 3.55. The highest BCUT2D eigenvalue weighted by Gasteiger charge is 2.15. The zero-order valence-electron chi connectivity index (χ0n) is 14.9. The third-order valence-corrected chi connectivity index (χ3v) is 4.88. The van der Waals surface area contributed by atoms with Gasteiger partial charge in [-0.2, -0.15) is 5.10 Å². The fourth-order valence-corrected chi connectivity index (χ4v) is 3.55. The number of carbonyl (C=O) groups excluding carboxylic acids is 1. The SMILES string of the molecule is Cc1cc(C)n(CCCC(=O)N[C@H](C)c2ccc3c(c2)CCC3)n1. The molecule has 128 valence electrons. The highest BCUT2D eigenvalue weighted by molar-refractivity contribution is 5.76. The average Bonchev–Trinajstić information content (AvgIpc) is 3.12. The van der Waals surface area contributed by atoms with Crippen LogP contribution in [0.5, 0.6) is 0 Å². The highest BCUT2D eigenvalue weighted by atomic mass is 16.1. The van der Waals surface area contributed by atoms with Gasteiger partial charge >= 0.3 is 0 Å². The zero-order chi connectivity index (χ0) is 17.1. The van der Waals surface area contributed by atoms with E-state index in [1.165, 1.54) is 36.0 Å². The molecule has 0 bridgehead atoms. The van der Waals surface area contributed by atoms with E-state index in [2.05, 4.69) is 48.5 Å². The maximum Gasteiger partial charge on any atom is 0.220 e. The van der Waals surface area contributed by atoms with Gasteiger partial charge in [0.15, 0.2) is 0 Å². The normalized spacial score (nSPS) is 14.5. The number of rotatable bonds is 6. The highest BCUT2D eigenvalue weighted by Crippen LogP contribution is 2.25. The minimum absolute atomic E-state index is 0.0667. The predicted octanol–water partition coefficient (Wildman–Crippen LogP) is 3.65. The Morgan fingerprint density at radius 2 is 2.04 bits per heavy atom. The molecule has 1 aromatic heterocycles. The van der Waals surface area contributed by atoms with Crippen molar-refractivity contribution >= 4 is 5.91 Å². The number of benzene rings is 1. The molecule has 1 heterocycles. The summed E-state index contributed by atoms with van der Waals surface area (Å²) in [6, 6.07) is 8.78. The van der Waals surface area contributed by atoms with Crippen LogP contribution in [-0.2, 0) is 24.2 Å². The number of aryl methyl sites for hydroxylation is 5. The molecular weight excluding hydrogens is 298 g/mol. The lowest BCUT2D eigenvalue weighted by atomic mass is 10.0. The van der Waals surface area contributed by atoms with Gasteiger partial charge in [0.25, 0.3) is 0 Å². The molecule has 1 aliphatic rings. The summed E-state index contributed by atoms with van der Waals surface area (Å²) in [7, 11) is 0. The van der Waals surface area contributed by atoms with Crippen molar-refractivity contribution in [3.05, 3.63) is 52.3 Å². The molecule has 1 amide bonds. The van der Waals surface area contributed by atoms with Gasteiger partial charge in [-0.05, 0) is 69.2 Å². The summed E-state index contributed by atoms with van der Waals surface area (Å²) in [6.45, 7) is 6.90. The second-order valence-electron chi connectivity index (χ2n) is 6.92. The van der Waals surface area contributed by atoms with Gasteiger partial charge in [-0.3, -0.25) is 9.48 Å². The maximum atomic E-state index is 12.2. The van der Waals surface area contributed by atoms with E-state index in [4.69, 9.17) is 0 Å². The lowest BCUT2D eigenvalue weighted by molar-refractivity contribution is -0.121. The van der Waals surface area contributed by atoms with Crippen molar-refractivity contribution in [2.45, 2.75) is 65.5 Å². The van der Waals surface area contributed by atoms with Crippen molar-refractivity contribution < 1.29 is 4.79 Å². The Morgan fingerprint density at radius 3 is 2.79 bits per heavy atom. The van der Waals surface area contributed by atoms with Crippen LogP contribution >= 0.6 is 0 Å². The van der Waals surface area contributed by atoms with Crippen molar-refractivity contribution in [1.29, 1.82) is 0 Å². The first-order valence-electron chi connectivity index (χ1n) is 8.95. The molecule has 24 heavy (non-hydrogen) atoms. The largest absolute Gasteiger partial charge is 0.350 e. The van der Waals surface area contributed by atoms with E-state index in [0.29, 0.717) is 6.42 Å². The molecule has 0 radical (unpaired) electrons. The van der Waals surface area contributed by atoms with E-state index in [0.717, 1.165) is 24.4 Å². The summed E-state index contributed by atoms with van der Waals surface area (Å²) < 4.78 is 1.98. The summed E-state index contributed by atoms with van der Waals surface area (Å²) in [4.78, 5) is 12.2. The molecule has 0 saturated heterocycles. The van der Waals surface area contributed by atoms with Crippen molar-refractivity contribution in [2.24, 2.45) is 0 Å². The number of hydrogen-bond acceptors (Lipinski definition) is 2. The van der Waals surface area contributed by atoms with Gasteiger partial charge in [0.2, 0.25) is 5.91 Å². The second-order valence-corrected chi connectivity index (χ2v) is 6.92. The van der Waals surface area contributed by atoms with Crippen LogP contribution in [0.3, 0.4) is 0 Å². The lowest BCUT2D eigenvalue weighted by Gasteiger charge is -2.16. The number of hydrogen-bond donors (Lipinski definition) is 1. The number of fused-ring (bicyclic) bond motifs is 1. The Morgan fingerprint density at radius 1 is 1.25 bits per heavy atom. The van der Waals surface area contributed by atoms with Crippen LogP contribution in [0.25, 0.3) is 0 Å². The lowest BCUT2D eigenvalue weighted by Crippen LogP contribution is -2.26. The Labute approximate surface area is 144 Å². The monoisotopic (exact) mass is 325 g/mol. The molecule has 0 aliphatic heterocycles. The summed E-state index contributed by atoms with van der Waals surface area (Å²) in [5, 5.41) is 7.56. The summed E-state index contributed by atoms with van der Waals surface area (Å²) in [5.41, 5.74) is 6.32. The van der Waals surface area contributed by atoms with Crippen LogP contribution in [0.1, 0.15) is 60.3 Å². The number of aromatic nitrogens is 2. The Bertz CT molecular complexity index is 732. The molecule has 4 nitrogen and oxygen atoms in total. The van der Waals surface area contributed by atoms with E-state index < -0.39 is 0 Å². The van der Waals surface area contributed by atoms with Crippen molar-refractivity contribution in [3.63, 3.8) is 0 Å². The summed E-state index contributed by atoms with van der Waals surface area (Å²) in [5.74, 6) is 0.115. The molecular formula is C20H27N3O. The van der Waals surface area contributed by atoms with Crippen LogP contribution in [0.4, 0.5) is 0 Å². The first kappa shape index (κ1) is 16.7. The van der Waals surface area contributed by atoms with Gasteiger partial charge in [-0.15, -0.1) is 0 Å². The molecule has 1 aromatic carbocycles. The smallest absolute Gasteiger partial charge is 0.220 e. The van der Waals surface area contributed by atoms with Gasteiger partial charge < -0.3 is 5.32 Å². The third-order valence-electron chi connectivity index (χ3n) is 4.88. The van der Waals surface area contributed by atoms with Gasteiger partial charge in [0, 0.05) is 18.7 Å². The van der Waals surface area contributed by atoms with Crippen LogP contribution in [-0.4, -0.2) is 15.7 Å². The van der Waals surface area contributed by atoms with Crippen molar-refractivity contribution in [1.82, 2.24) is 15.1 Å². The van der Waals surface area contributed by atoms with Gasteiger partial charge in [0.1, 0.15) is 0 Å². The quantitative estimate of drug-likeness (QED) is 0.881. The van der Waals surface area contributed by atoms with E-state index >= 15 is 0 Å². The molecule has 1 aliphatic carbocycles. The minimum Gasteiger partial charge on any atom is -0.350 e.